The Morgan fingerprint density at radius 1 is 1.38 bits per heavy atom. The number of benzene rings is 1. The molecule has 1 heterocycles. The number of halogens is 1. The SMILES string of the molecule is CC1(O)CCCN(S(=O)(=O)c2cccc(F)c2CN)CC1. The summed E-state index contributed by atoms with van der Waals surface area (Å²) >= 11 is 0. The van der Waals surface area contributed by atoms with Crippen molar-refractivity contribution in [2.75, 3.05) is 13.1 Å². The van der Waals surface area contributed by atoms with E-state index < -0.39 is 21.4 Å². The number of hydrogen-bond acceptors (Lipinski definition) is 4. The Hall–Kier alpha value is -1.02. The third-order valence-corrected chi connectivity index (χ3v) is 5.90. The van der Waals surface area contributed by atoms with Gasteiger partial charge in [0, 0.05) is 25.2 Å². The molecule has 0 radical (unpaired) electrons. The Labute approximate surface area is 124 Å². The molecule has 1 aliphatic heterocycles. The van der Waals surface area contributed by atoms with Crippen molar-refractivity contribution in [1.82, 2.24) is 4.31 Å². The van der Waals surface area contributed by atoms with E-state index in [1.54, 1.807) is 6.92 Å². The third kappa shape index (κ3) is 3.42. The molecule has 1 unspecified atom stereocenters. The average molecular weight is 316 g/mol. The maximum Gasteiger partial charge on any atom is 0.243 e. The highest BCUT2D eigenvalue weighted by Crippen LogP contribution is 2.27. The number of rotatable bonds is 3. The van der Waals surface area contributed by atoms with Crippen molar-refractivity contribution in [3.8, 4) is 0 Å². The first-order valence-corrected chi connectivity index (χ1v) is 8.42. The van der Waals surface area contributed by atoms with E-state index >= 15 is 0 Å². The van der Waals surface area contributed by atoms with Gasteiger partial charge in [0.15, 0.2) is 0 Å². The topological polar surface area (TPSA) is 83.6 Å². The molecule has 0 amide bonds. The number of hydrogen-bond donors (Lipinski definition) is 2. The fraction of sp³-hybridized carbons (Fsp3) is 0.571. The Balaban J connectivity index is 2.36. The molecule has 1 aromatic carbocycles. The number of aliphatic hydroxyl groups is 1. The summed E-state index contributed by atoms with van der Waals surface area (Å²) in [5, 5.41) is 10.1. The van der Waals surface area contributed by atoms with Crippen LogP contribution in [-0.4, -0.2) is 36.5 Å². The van der Waals surface area contributed by atoms with Gasteiger partial charge in [0.25, 0.3) is 0 Å². The Kier molecular flexibility index (Phi) is 4.67. The van der Waals surface area contributed by atoms with Crippen LogP contribution >= 0.6 is 0 Å². The predicted octanol–water partition coefficient (Wildman–Crippen LogP) is 1.21. The zero-order valence-electron chi connectivity index (χ0n) is 12.0. The minimum absolute atomic E-state index is 0.00788. The first-order chi connectivity index (χ1) is 9.78. The lowest BCUT2D eigenvalue weighted by Crippen LogP contribution is -2.34. The quantitative estimate of drug-likeness (QED) is 0.878. The van der Waals surface area contributed by atoms with Gasteiger partial charge in [-0.15, -0.1) is 0 Å². The van der Waals surface area contributed by atoms with E-state index in [9.17, 15) is 17.9 Å². The van der Waals surface area contributed by atoms with Gasteiger partial charge < -0.3 is 10.8 Å². The van der Waals surface area contributed by atoms with Crippen LogP contribution in [0.25, 0.3) is 0 Å². The van der Waals surface area contributed by atoms with Gasteiger partial charge in [-0.1, -0.05) is 6.07 Å². The number of sulfonamides is 1. The predicted molar refractivity (Wildman–Crippen MR) is 77.5 cm³/mol. The van der Waals surface area contributed by atoms with Crippen molar-refractivity contribution < 1.29 is 17.9 Å². The van der Waals surface area contributed by atoms with E-state index in [-0.39, 0.29) is 23.5 Å². The van der Waals surface area contributed by atoms with E-state index in [1.165, 1.54) is 22.5 Å². The van der Waals surface area contributed by atoms with E-state index in [0.29, 0.717) is 25.8 Å². The normalized spacial score (nSPS) is 24.8. The number of nitrogens with zero attached hydrogens (tertiary/aromatic N) is 1. The summed E-state index contributed by atoms with van der Waals surface area (Å²) in [4.78, 5) is -0.0773. The maximum atomic E-state index is 13.7. The molecule has 0 spiro atoms. The highest BCUT2D eigenvalue weighted by molar-refractivity contribution is 7.89. The molecule has 5 nitrogen and oxygen atoms in total. The zero-order chi connectivity index (χ0) is 15.7. The molecule has 0 saturated carbocycles. The monoisotopic (exact) mass is 316 g/mol. The molecular formula is C14H21FN2O3S. The van der Waals surface area contributed by atoms with Gasteiger partial charge in [-0.25, -0.2) is 12.8 Å². The lowest BCUT2D eigenvalue weighted by Gasteiger charge is -2.23. The Morgan fingerprint density at radius 2 is 2.10 bits per heavy atom. The molecular weight excluding hydrogens is 295 g/mol. The molecule has 0 aliphatic carbocycles. The van der Waals surface area contributed by atoms with Crippen molar-refractivity contribution in [2.45, 2.75) is 43.2 Å². The minimum Gasteiger partial charge on any atom is -0.390 e. The van der Waals surface area contributed by atoms with Gasteiger partial charge in [0.2, 0.25) is 10.0 Å². The molecule has 1 saturated heterocycles. The fourth-order valence-electron chi connectivity index (χ4n) is 2.60. The summed E-state index contributed by atoms with van der Waals surface area (Å²) in [6.07, 6.45) is 1.48. The van der Waals surface area contributed by atoms with Gasteiger partial charge in [0.05, 0.1) is 10.5 Å². The summed E-state index contributed by atoms with van der Waals surface area (Å²) in [7, 11) is -3.80. The first kappa shape index (κ1) is 16.4. The summed E-state index contributed by atoms with van der Waals surface area (Å²) in [5.74, 6) is -0.611. The second-order valence-electron chi connectivity index (χ2n) is 5.68. The van der Waals surface area contributed by atoms with Crippen LogP contribution in [0.15, 0.2) is 23.1 Å². The van der Waals surface area contributed by atoms with Gasteiger partial charge >= 0.3 is 0 Å². The molecule has 118 valence electrons. The molecule has 1 atom stereocenters. The van der Waals surface area contributed by atoms with E-state index in [0.717, 1.165) is 0 Å². The standard InChI is InChI=1S/C14H21FN2O3S/c1-14(18)6-3-8-17(9-7-14)21(19,20)13-5-2-4-12(15)11(13)10-16/h2,4-5,18H,3,6-10,16H2,1H3. The molecule has 2 rings (SSSR count). The molecule has 1 aliphatic rings. The van der Waals surface area contributed by atoms with Crippen molar-refractivity contribution in [2.24, 2.45) is 5.73 Å². The van der Waals surface area contributed by atoms with Crippen LogP contribution in [-0.2, 0) is 16.6 Å². The lowest BCUT2D eigenvalue weighted by atomic mass is 9.98. The minimum atomic E-state index is -3.80. The molecule has 7 heteroatoms. The summed E-state index contributed by atoms with van der Waals surface area (Å²) < 4.78 is 40.5. The summed E-state index contributed by atoms with van der Waals surface area (Å²) in [6, 6.07) is 3.95. The van der Waals surface area contributed by atoms with Gasteiger partial charge in [-0.3, -0.25) is 0 Å². The Morgan fingerprint density at radius 3 is 2.76 bits per heavy atom. The smallest absolute Gasteiger partial charge is 0.243 e. The molecule has 1 fully saturated rings. The fourth-order valence-corrected chi connectivity index (χ4v) is 4.32. The van der Waals surface area contributed by atoms with Gasteiger partial charge in [0.1, 0.15) is 5.82 Å². The van der Waals surface area contributed by atoms with Crippen molar-refractivity contribution in [3.63, 3.8) is 0 Å². The van der Waals surface area contributed by atoms with Crippen LogP contribution < -0.4 is 5.73 Å². The van der Waals surface area contributed by atoms with Crippen molar-refractivity contribution in [1.29, 1.82) is 0 Å². The second-order valence-corrected chi connectivity index (χ2v) is 7.58. The molecule has 0 aromatic heterocycles. The van der Waals surface area contributed by atoms with Crippen LogP contribution in [0.5, 0.6) is 0 Å². The molecule has 3 N–H and O–H groups in total. The van der Waals surface area contributed by atoms with E-state index in [2.05, 4.69) is 0 Å². The summed E-state index contributed by atoms with van der Waals surface area (Å²) in [5.41, 5.74) is 4.64. The highest BCUT2D eigenvalue weighted by Gasteiger charge is 2.32. The van der Waals surface area contributed by atoms with Crippen molar-refractivity contribution >= 4 is 10.0 Å². The van der Waals surface area contributed by atoms with E-state index in [4.69, 9.17) is 5.73 Å². The number of nitrogens with two attached hydrogens (primary N) is 1. The maximum absolute atomic E-state index is 13.7. The van der Waals surface area contributed by atoms with E-state index in [1.807, 2.05) is 0 Å². The molecule has 21 heavy (non-hydrogen) atoms. The van der Waals surface area contributed by atoms with Gasteiger partial charge in [-0.05, 0) is 38.3 Å². The second kappa shape index (κ2) is 6.00. The van der Waals surface area contributed by atoms with Crippen molar-refractivity contribution in [3.05, 3.63) is 29.6 Å². The van der Waals surface area contributed by atoms with Crippen LogP contribution in [0.2, 0.25) is 0 Å². The zero-order valence-corrected chi connectivity index (χ0v) is 12.9. The Bertz CT molecular complexity index is 617. The van der Waals surface area contributed by atoms with Crippen LogP contribution in [0.1, 0.15) is 31.7 Å². The average Bonchev–Trinajstić information content (AvgIpc) is 2.59. The summed E-state index contributed by atoms with van der Waals surface area (Å²) in [6.45, 7) is 2.07. The largest absolute Gasteiger partial charge is 0.390 e. The molecule has 0 bridgehead atoms. The van der Waals surface area contributed by atoms with Gasteiger partial charge in [-0.2, -0.15) is 4.31 Å². The first-order valence-electron chi connectivity index (χ1n) is 6.98. The highest BCUT2D eigenvalue weighted by atomic mass is 32.2. The lowest BCUT2D eigenvalue weighted by molar-refractivity contribution is 0.0465. The van der Waals surface area contributed by atoms with Crippen LogP contribution in [0, 0.1) is 5.82 Å². The van der Waals surface area contributed by atoms with Crippen LogP contribution in [0.3, 0.4) is 0 Å². The molecule has 1 aromatic rings. The van der Waals surface area contributed by atoms with Crippen LogP contribution in [0.4, 0.5) is 4.39 Å². The third-order valence-electron chi connectivity index (χ3n) is 3.92.